The topological polar surface area (TPSA) is 83.6 Å². The minimum atomic E-state index is -3.41. The molecule has 2 aromatic carbocycles. The summed E-state index contributed by atoms with van der Waals surface area (Å²) in [6.07, 6.45) is 1.76. The average Bonchev–Trinajstić information content (AvgIpc) is 2.61. The van der Waals surface area contributed by atoms with Gasteiger partial charge in [-0.25, -0.2) is 12.7 Å². The van der Waals surface area contributed by atoms with Crippen molar-refractivity contribution < 1.29 is 18.0 Å². The molecule has 0 saturated heterocycles. The number of nitrogens with zero attached hydrogens (tertiary/aromatic N) is 1. The summed E-state index contributed by atoms with van der Waals surface area (Å²) in [5.74, 6) is -0.390. The molecule has 0 spiro atoms. The Hall–Kier alpha value is -2.51. The third-order valence-corrected chi connectivity index (χ3v) is 5.41. The van der Waals surface area contributed by atoms with Gasteiger partial charge in [0.25, 0.3) is 0 Å². The number of hydrogen-bond donors (Lipinski definition) is 1. The normalized spacial score (nSPS) is 11.4. The monoisotopic (exact) mass is 388 g/mol. The second-order valence-corrected chi connectivity index (χ2v) is 8.32. The fourth-order valence-electron chi connectivity index (χ4n) is 2.61. The van der Waals surface area contributed by atoms with Crippen molar-refractivity contribution in [3.05, 3.63) is 65.7 Å². The molecule has 0 atom stereocenters. The Morgan fingerprint density at radius 3 is 2.33 bits per heavy atom. The van der Waals surface area contributed by atoms with E-state index < -0.39 is 10.0 Å². The van der Waals surface area contributed by atoms with Crippen LogP contribution in [0.15, 0.2) is 54.6 Å². The van der Waals surface area contributed by atoms with Crippen LogP contribution in [0.4, 0.5) is 5.69 Å². The quantitative estimate of drug-likeness (QED) is 0.670. The number of amides is 1. The summed E-state index contributed by atoms with van der Waals surface area (Å²) in [5, 5.41) is 2.71. The molecular formula is C20H24N2O4S. The van der Waals surface area contributed by atoms with Gasteiger partial charge in [-0.3, -0.25) is 9.59 Å². The third kappa shape index (κ3) is 6.96. The first-order valence-electron chi connectivity index (χ1n) is 8.65. The van der Waals surface area contributed by atoms with Crippen LogP contribution in [0.3, 0.4) is 0 Å². The fraction of sp³-hybridized carbons (Fsp3) is 0.300. The van der Waals surface area contributed by atoms with Crippen LogP contribution >= 0.6 is 0 Å². The van der Waals surface area contributed by atoms with E-state index in [1.165, 1.54) is 11.2 Å². The third-order valence-electron chi connectivity index (χ3n) is 4.10. The van der Waals surface area contributed by atoms with Crippen LogP contribution in [-0.4, -0.2) is 43.8 Å². The van der Waals surface area contributed by atoms with Gasteiger partial charge in [0.05, 0.1) is 6.26 Å². The van der Waals surface area contributed by atoms with E-state index in [4.69, 9.17) is 0 Å². The van der Waals surface area contributed by atoms with Gasteiger partial charge < -0.3 is 5.32 Å². The molecular weight excluding hydrogens is 364 g/mol. The van der Waals surface area contributed by atoms with Gasteiger partial charge >= 0.3 is 0 Å². The van der Waals surface area contributed by atoms with E-state index >= 15 is 0 Å². The zero-order chi connectivity index (χ0) is 19.9. The Morgan fingerprint density at radius 1 is 1.00 bits per heavy atom. The Kier molecular flexibility index (Phi) is 7.27. The van der Waals surface area contributed by atoms with Crippen molar-refractivity contribution in [2.24, 2.45) is 0 Å². The fourth-order valence-corrected chi connectivity index (χ4v) is 3.45. The molecule has 144 valence electrons. The predicted molar refractivity (Wildman–Crippen MR) is 106 cm³/mol. The molecule has 0 radical (unpaired) electrons. The summed E-state index contributed by atoms with van der Waals surface area (Å²) in [5.41, 5.74) is 2.06. The molecule has 0 aromatic heterocycles. The number of ketones is 1. The lowest BCUT2D eigenvalue weighted by Gasteiger charge is -2.19. The van der Waals surface area contributed by atoms with E-state index in [9.17, 15) is 18.0 Å². The summed E-state index contributed by atoms with van der Waals surface area (Å²) in [7, 11) is -3.41. The highest BCUT2D eigenvalue weighted by atomic mass is 32.2. The summed E-state index contributed by atoms with van der Waals surface area (Å²) < 4.78 is 25.3. The molecule has 0 unspecified atom stereocenters. The summed E-state index contributed by atoms with van der Waals surface area (Å²) in [4.78, 5) is 23.6. The van der Waals surface area contributed by atoms with Crippen molar-refractivity contribution in [1.29, 1.82) is 0 Å². The molecule has 2 rings (SSSR count). The Morgan fingerprint density at radius 2 is 1.70 bits per heavy atom. The van der Waals surface area contributed by atoms with Crippen LogP contribution in [0.1, 0.15) is 29.3 Å². The standard InChI is InChI=1S/C20H24N2O4S/c1-16(23)18-9-6-10-19(15-18)21-20(24)12-14-22(27(2,25)26)13-11-17-7-4-3-5-8-17/h3-10,15H,11-14H2,1-2H3,(H,21,24). The van der Waals surface area contributed by atoms with Gasteiger partial charge in [0.2, 0.25) is 15.9 Å². The number of nitrogens with one attached hydrogen (secondary N) is 1. The maximum absolute atomic E-state index is 12.2. The predicted octanol–water partition coefficient (Wildman–Crippen LogP) is 2.72. The van der Waals surface area contributed by atoms with E-state index in [0.29, 0.717) is 24.2 Å². The molecule has 7 heteroatoms. The number of rotatable bonds is 9. The highest BCUT2D eigenvalue weighted by Crippen LogP contribution is 2.12. The largest absolute Gasteiger partial charge is 0.326 e. The number of sulfonamides is 1. The molecule has 0 aliphatic carbocycles. The molecule has 27 heavy (non-hydrogen) atoms. The van der Waals surface area contributed by atoms with E-state index in [-0.39, 0.29) is 24.7 Å². The molecule has 0 fully saturated rings. The van der Waals surface area contributed by atoms with Gasteiger partial charge in [-0.2, -0.15) is 0 Å². The molecule has 6 nitrogen and oxygen atoms in total. The molecule has 0 bridgehead atoms. The highest BCUT2D eigenvalue weighted by Gasteiger charge is 2.18. The lowest BCUT2D eigenvalue weighted by atomic mass is 10.1. The van der Waals surface area contributed by atoms with Gasteiger partial charge in [-0.05, 0) is 31.0 Å². The molecule has 0 aliphatic heterocycles. The molecule has 0 aliphatic rings. The van der Waals surface area contributed by atoms with Gasteiger partial charge in [-0.1, -0.05) is 42.5 Å². The number of carbonyl (C=O) groups is 2. The number of anilines is 1. The van der Waals surface area contributed by atoms with Crippen LogP contribution in [0.5, 0.6) is 0 Å². The highest BCUT2D eigenvalue weighted by molar-refractivity contribution is 7.88. The smallest absolute Gasteiger partial charge is 0.225 e. The minimum Gasteiger partial charge on any atom is -0.326 e. The first-order chi connectivity index (χ1) is 12.8. The summed E-state index contributed by atoms with van der Waals surface area (Å²) in [6.45, 7) is 1.87. The number of hydrogen-bond acceptors (Lipinski definition) is 4. The van der Waals surface area contributed by atoms with Crippen LogP contribution in [0.25, 0.3) is 0 Å². The van der Waals surface area contributed by atoms with E-state index in [1.54, 1.807) is 24.3 Å². The van der Waals surface area contributed by atoms with Crippen molar-refractivity contribution in [3.8, 4) is 0 Å². The Bertz CT molecular complexity index is 895. The van der Waals surface area contributed by atoms with Crippen LogP contribution in [-0.2, 0) is 21.2 Å². The Balaban J connectivity index is 1.93. The van der Waals surface area contributed by atoms with Crippen molar-refractivity contribution in [2.45, 2.75) is 19.8 Å². The van der Waals surface area contributed by atoms with Gasteiger partial charge in [0.15, 0.2) is 5.78 Å². The van der Waals surface area contributed by atoms with Crippen molar-refractivity contribution in [3.63, 3.8) is 0 Å². The molecule has 2 aromatic rings. The first-order valence-corrected chi connectivity index (χ1v) is 10.5. The second-order valence-electron chi connectivity index (χ2n) is 6.33. The zero-order valence-electron chi connectivity index (χ0n) is 15.5. The van der Waals surface area contributed by atoms with E-state index in [1.807, 2.05) is 30.3 Å². The zero-order valence-corrected chi connectivity index (χ0v) is 16.3. The van der Waals surface area contributed by atoms with Gasteiger partial charge in [0.1, 0.15) is 0 Å². The molecule has 0 heterocycles. The van der Waals surface area contributed by atoms with Crippen molar-refractivity contribution >= 4 is 27.4 Å². The Labute approximate surface area is 160 Å². The van der Waals surface area contributed by atoms with Crippen molar-refractivity contribution in [1.82, 2.24) is 4.31 Å². The van der Waals surface area contributed by atoms with Crippen molar-refractivity contribution in [2.75, 3.05) is 24.7 Å². The first kappa shape index (κ1) is 20.8. The number of carbonyl (C=O) groups excluding carboxylic acids is 2. The van der Waals surface area contributed by atoms with Crippen LogP contribution in [0.2, 0.25) is 0 Å². The number of Topliss-reactive ketones (excluding diaryl/α,β-unsaturated/α-hetero) is 1. The maximum atomic E-state index is 12.2. The summed E-state index contributed by atoms with van der Waals surface area (Å²) in [6, 6.07) is 16.2. The SMILES string of the molecule is CC(=O)c1cccc(NC(=O)CCN(CCc2ccccc2)S(C)(=O)=O)c1. The van der Waals surface area contributed by atoms with Gasteiger partial charge in [0, 0.05) is 30.8 Å². The van der Waals surface area contributed by atoms with Crippen LogP contribution < -0.4 is 5.32 Å². The molecule has 0 saturated carbocycles. The lowest BCUT2D eigenvalue weighted by molar-refractivity contribution is -0.116. The molecule has 1 N–H and O–H groups in total. The molecule has 1 amide bonds. The van der Waals surface area contributed by atoms with E-state index in [0.717, 1.165) is 11.8 Å². The average molecular weight is 388 g/mol. The van der Waals surface area contributed by atoms with Gasteiger partial charge in [-0.15, -0.1) is 0 Å². The second kappa shape index (κ2) is 9.43. The lowest BCUT2D eigenvalue weighted by Crippen LogP contribution is -2.34. The van der Waals surface area contributed by atoms with Crippen LogP contribution in [0, 0.1) is 0 Å². The minimum absolute atomic E-state index is 0.0339. The maximum Gasteiger partial charge on any atom is 0.225 e. The number of benzene rings is 2. The summed E-state index contributed by atoms with van der Waals surface area (Å²) >= 11 is 0. The van der Waals surface area contributed by atoms with E-state index in [2.05, 4.69) is 5.32 Å².